The summed E-state index contributed by atoms with van der Waals surface area (Å²) < 4.78 is 3.53. The zero-order valence-corrected chi connectivity index (χ0v) is 16.6. The Morgan fingerprint density at radius 2 is 2.10 bits per heavy atom. The highest BCUT2D eigenvalue weighted by Gasteiger charge is 2.30. The maximum absolute atomic E-state index is 13.0. The van der Waals surface area contributed by atoms with E-state index in [2.05, 4.69) is 26.9 Å². The molecule has 0 spiro atoms. The van der Waals surface area contributed by atoms with Crippen LogP contribution in [0, 0.1) is 0 Å². The van der Waals surface area contributed by atoms with Crippen LogP contribution in [0.25, 0.3) is 17.0 Å². The van der Waals surface area contributed by atoms with Crippen LogP contribution in [0.5, 0.6) is 0 Å². The van der Waals surface area contributed by atoms with E-state index in [9.17, 15) is 4.79 Å². The minimum Gasteiger partial charge on any atom is -0.315 e. The minimum absolute atomic E-state index is 0.0976. The summed E-state index contributed by atoms with van der Waals surface area (Å²) in [5.41, 5.74) is 4.08. The zero-order chi connectivity index (χ0) is 20.5. The fourth-order valence-corrected chi connectivity index (χ4v) is 3.33. The van der Waals surface area contributed by atoms with Crippen molar-refractivity contribution >= 4 is 17.4 Å². The molecule has 1 aliphatic rings. The van der Waals surface area contributed by atoms with Crippen molar-refractivity contribution in [2.24, 2.45) is 19.1 Å². The Kier molecular flexibility index (Phi) is 4.67. The average molecular weight is 387 g/mol. The van der Waals surface area contributed by atoms with E-state index in [1.54, 1.807) is 26.6 Å². The van der Waals surface area contributed by atoms with Crippen LogP contribution in [0.4, 0.5) is 0 Å². The van der Waals surface area contributed by atoms with Gasteiger partial charge in [-0.2, -0.15) is 5.10 Å². The van der Waals surface area contributed by atoms with Gasteiger partial charge in [0.25, 0.3) is 5.91 Å². The average Bonchev–Trinajstić information content (AvgIpc) is 3.42. The van der Waals surface area contributed by atoms with Crippen molar-refractivity contribution in [2.75, 3.05) is 0 Å². The van der Waals surface area contributed by atoms with E-state index in [0.29, 0.717) is 29.5 Å². The number of aromatic nitrogens is 5. The van der Waals surface area contributed by atoms with Crippen LogP contribution in [0.2, 0.25) is 0 Å². The first-order valence-corrected chi connectivity index (χ1v) is 9.18. The van der Waals surface area contributed by atoms with Gasteiger partial charge in [-0.05, 0) is 36.8 Å². The van der Waals surface area contributed by atoms with Gasteiger partial charge in [-0.15, -0.1) is 10.2 Å². The molecule has 3 heterocycles. The maximum Gasteiger partial charge on any atom is 0.260 e. The second-order valence-electron chi connectivity index (χ2n) is 6.75. The van der Waals surface area contributed by atoms with Crippen LogP contribution in [-0.2, 0) is 20.6 Å². The number of rotatable bonds is 4. The molecule has 0 aliphatic carbocycles. The van der Waals surface area contributed by atoms with Crippen molar-refractivity contribution in [3.8, 4) is 11.3 Å². The fourth-order valence-electron chi connectivity index (χ4n) is 3.33. The largest absolute Gasteiger partial charge is 0.315 e. The molecule has 0 atom stereocenters. The molecule has 4 rings (SSSR count). The van der Waals surface area contributed by atoms with Crippen molar-refractivity contribution in [2.45, 2.75) is 13.5 Å². The molecule has 0 saturated carbocycles. The zero-order valence-electron chi connectivity index (χ0n) is 16.6. The van der Waals surface area contributed by atoms with Crippen LogP contribution in [0.15, 0.2) is 60.5 Å². The number of amides is 1. The van der Waals surface area contributed by atoms with E-state index in [-0.39, 0.29) is 5.91 Å². The smallest absolute Gasteiger partial charge is 0.260 e. The molecular weight excluding hydrogens is 366 g/mol. The molecule has 1 aromatic carbocycles. The van der Waals surface area contributed by atoms with Crippen LogP contribution in [-0.4, -0.2) is 41.2 Å². The van der Waals surface area contributed by atoms with Crippen LogP contribution >= 0.6 is 0 Å². The fraction of sp³-hybridized carbons (Fsp3) is 0.190. The lowest BCUT2D eigenvalue weighted by Gasteiger charge is -2.16. The normalized spacial score (nSPS) is 14.4. The molecule has 0 radical (unpaired) electrons. The Morgan fingerprint density at radius 3 is 2.72 bits per heavy atom. The number of aryl methyl sites for hydroxylation is 2. The first-order valence-electron chi connectivity index (χ1n) is 9.18. The van der Waals surface area contributed by atoms with E-state index in [4.69, 9.17) is 0 Å². The first kappa shape index (κ1) is 18.5. The number of carbonyl (C=O) groups excluding carboxylic acids is 1. The Labute approximate surface area is 168 Å². The molecule has 29 heavy (non-hydrogen) atoms. The second-order valence-corrected chi connectivity index (χ2v) is 6.75. The quantitative estimate of drug-likeness (QED) is 0.509. The lowest BCUT2D eigenvalue weighted by molar-refractivity contribution is 0.0867. The lowest BCUT2D eigenvalue weighted by Crippen LogP contribution is -2.29. The molecule has 1 aliphatic heterocycles. The van der Waals surface area contributed by atoms with Gasteiger partial charge in [0.2, 0.25) is 0 Å². The third-order valence-electron chi connectivity index (χ3n) is 4.83. The summed E-state index contributed by atoms with van der Waals surface area (Å²) in [5.74, 6) is 0.995. The standard InChI is InChI=1S/C21H21N7O/c1-5-17(20-24-22-13-26(20)3)23-19(6-2)28-12-15-11-14(7-8-16(15)21(28)29)18-9-10-27(4)25-18/h5-11,13H,2,12H2,1,3-4H3/b17-5-,23-19?. The van der Waals surface area contributed by atoms with E-state index in [1.165, 1.54) is 0 Å². The number of carbonyl (C=O) groups is 1. The van der Waals surface area contributed by atoms with Crippen molar-refractivity contribution in [3.05, 3.63) is 72.5 Å². The second kappa shape index (κ2) is 7.31. The van der Waals surface area contributed by atoms with Gasteiger partial charge in [-0.1, -0.05) is 18.7 Å². The summed E-state index contributed by atoms with van der Waals surface area (Å²) in [6.07, 6.45) is 6.93. The number of hydrogen-bond donors (Lipinski definition) is 0. The molecule has 0 bridgehead atoms. The Balaban J connectivity index is 1.67. The molecular formula is C21H21N7O. The number of allylic oxidation sites excluding steroid dienone is 1. The minimum atomic E-state index is -0.0976. The molecule has 3 aromatic rings. The number of nitrogens with zero attached hydrogens (tertiary/aromatic N) is 7. The summed E-state index contributed by atoms with van der Waals surface area (Å²) in [6, 6.07) is 7.73. The molecule has 0 unspecified atom stereocenters. The van der Waals surface area contributed by atoms with Gasteiger partial charge >= 0.3 is 0 Å². The van der Waals surface area contributed by atoms with E-state index in [0.717, 1.165) is 16.8 Å². The topological polar surface area (TPSA) is 81.2 Å². The Bertz CT molecular complexity index is 1170. The maximum atomic E-state index is 13.0. The number of benzene rings is 1. The van der Waals surface area contributed by atoms with Crippen molar-refractivity contribution < 1.29 is 4.79 Å². The SMILES string of the molecule is C=CC(=N/C(=C\C)c1nncn1C)N1Cc2cc(-c3ccn(C)n3)ccc2C1=O. The third-order valence-corrected chi connectivity index (χ3v) is 4.83. The monoisotopic (exact) mass is 387 g/mol. The molecule has 0 N–H and O–H groups in total. The molecule has 8 heteroatoms. The number of fused-ring (bicyclic) bond motifs is 1. The van der Waals surface area contributed by atoms with Crippen LogP contribution in [0.1, 0.15) is 28.7 Å². The summed E-state index contributed by atoms with van der Waals surface area (Å²) in [7, 11) is 3.73. The van der Waals surface area contributed by atoms with Crippen molar-refractivity contribution in [1.82, 2.24) is 29.4 Å². The summed E-state index contributed by atoms with van der Waals surface area (Å²) in [4.78, 5) is 19.3. The van der Waals surface area contributed by atoms with Gasteiger partial charge in [0.05, 0.1) is 12.2 Å². The highest BCUT2D eigenvalue weighted by Crippen LogP contribution is 2.29. The van der Waals surface area contributed by atoms with E-state index >= 15 is 0 Å². The van der Waals surface area contributed by atoms with Gasteiger partial charge in [-0.3, -0.25) is 14.4 Å². The molecule has 1 amide bonds. The van der Waals surface area contributed by atoms with Crippen molar-refractivity contribution in [1.29, 1.82) is 0 Å². The molecule has 2 aromatic heterocycles. The number of amidine groups is 1. The van der Waals surface area contributed by atoms with Crippen LogP contribution < -0.4 is 0 Å². The molecule has 8 nitrogen and oxygen atoms in total. The molecule has 0 fully saturated rings. The first-order chi connectivity index (χ1) is 14.0. The highest BCUT2D eigenvalue weighted by molar-refractivity contribution is 6.13. The van der Waals surface area contributed by atoms with Gasteiger partial charge < -0.3 is 4.57 Å². The summed E-state index contributed by atoms with van der Waals surface area (Å²) in [5, 5.41) is 12.4. The van der Waals surface area contributed by atoms with Gasteiger partial charge in [0.15, 0.2) is 5.82 Å². The van der Waals surface area contributed by atoms with Crippen molar-refractivity contribution in [3.63, 3.8) is 0 Å². The van der Waals surface area contributed by atoms with Crippen LogP contribution in [0.3, 0.4) is 0 Å². The Hall–Kier alpha value is -3.81. The lowest BCUT2D eigenvalue weighted by atomic mass is 10.0. The third kappa shape index (κ3) is 3.29. The van der Waals surface area contributed by atoms with E-state index < -0.39 is 0 Å². The Morgan fingerprint density at radius 1 is 1.28 bits per heavy atom. The summed E-state index contributed by atoms with van der Waals surface area (Å²) >= 11 is 0. The predicted molar refractivity (Wildman–Crippen MR) is 111 cm³/mol. The summed E-state index contributed by atoms with van der Waals surface area (Å²) in [6.45, 7) is 6.15. The predicted octanol–water partition coefficient (Wildman–Crippen LogP) is 2.82. The molecule has 0 saturated heterocycles. The van der Waals surface area contributed by atoms with Gasteiger partial charge in [0, 0.05) is 31.4 Å². The van der Waals surface area contributed by atoms with E-state index in [1.807, 2.05) is 57.6 Å². The number of hydrogen-bond acceptors (Lipinski definition) is 5. The molecule has 146 valence electrons. The highest BCUT2D eigenvalue weighted by atomic mass is 16.2. The van der Waals surface area contributed by atoms with Gasteiger partial charge in [0.1, 0.15) is 17.9 Å². The number of aliphatic imine (C=N–C) groups is 1. The van der Waals surface area contributed by atoms with Gasteiger partial charge in [-0.25, -0.2) is 4.99 Å².